The quantitative estimate of drug-likeness (QED) is 0.882. The van der Waals surface area contributed by atoms with Gasteiger partial charge in [0, 0.05) is 18.1 Å². The van der Waals surface area contributed by atoms with E-state index in [1.807, 2.05) is 24.3 Å². The second kappa shape index (κ2) is 5.38. The van der Waals surface area contributed by atoms with Gasteiger partial charge in [-0.15, -0.1) is 5.06 Å². The molecule has 0 aromatic heterocycles. The van der Waals surface area contributed by atoms with Crippen LogP contribution in [-0.4, -0.2) is 29.4 Å². The van der Waals surface area contributed by atoms with Crippen molar-refractivity contribution >= 4 is 17.8 Å². The van der Waals surface area contributed by atoms with E-state index in [4.69, 9.17) is 16.7 Å². The summed E-state index contributed by atoms with van der Waals surface area (Å²) in [4.78, 5) is 15.0. The van der Waals surface area contributed by atoms with E-state index in [1.54, 1.807) is 0 Å². The normalized spacial score (nSPS) is 17.9. The highest BCUT2D eigenvalue weighted by Crippen LogP contribution is 2.32. The third-order valence-electron chi connectivity index (χ3n) is 3.01. The van der Waals surface area contributed by atoms with Crippen molar-refractivity contribution in [3.8, 4) is 0 Å². The average Bonchev–Trinajstić information content (AvgIpc) is 2.30. The number of halogens is 1. The number of nitrogens with zero attached hydrogens (tertiary/aromatic N) is 1. The molecule has 1 fully saturated rings. The molecule has 5 heteroatoms. The summed E-state index contributed by atoms with van der Waals surface area (Å²) in [5.41, 5.74) is 1.14. The Morgan fingerprint density at radius 3 is 2.59 bits per heavy atom. The first-order valence-electron chi connectivity index (χ1n) is 5.57. The summed E-state index contributed by atoms with van der Waals surface area (Å²) in [6.45, 7) is 1.23. The van der Waals surface area contributed by atoms with Gasteiger partial charge in [0.2, 0.25) is 0 Å². The standard InChI is InChI=1S/C12H14ClNO3/c13-11-4-2-1-3-10(11)9-5-7-14(8-6-9)17-12(15)16/h1-4,9H,5-8H2,(H,15,16). The number of carboxylic acid groups (broad SMARTS) is 1. The Hall–Kier alpha value is -1.26. The van der Waals surface area contributed by atoms with E-state index < -0.39 is 6.16 Å². The first-order chi connectivity index (χ1) is 8.16. The Bertz CT molecular complexity index is 402. The molecule has 0 unspecified atom stereocenters. The molecule has 2 rings (SSSR count). The Kier molecular flexibility index (Phi) is 3.86. The highest BCUT2D eigenvalue weighted by Gasteiger charge is 2.24. The fourth-order valence-corrected chi connectivity index (χ4v) is 2.46. The van der Waals surface area contributed by atoms with E-state index in [0.717, 1.165) is 23.4 Å². The molecule has 0 spiro atoms. The van der Waals surface area contributed by atoms with Gasteiger partial charge >= 0.3 is 6.16 Å². The van der Waals surface area contributed by atoms with Crippen LogP contribution in [0.2, 0.25) is 5.02 Å². The predicted molar refractivity (Wildman–Crippen MR) is 64.1 cm³/mol. The van der Waals surface area contributed by atoms with Crippen LogP contribution in [0.3, 0.4) is 0 Å². The monoisotopic (exact) mass is 255 g/mol. The van der Waals surface area contributed by atoms with Gasteiger partial charge in [-0.2, -0.15) is 0 Å². The number of hydrogen-bond acceptors (Lipinski definition) is 3. The zero-order valence-electron chi connectivity index (χ0n) is 9.30. The highest BCUT2D eigenvalue weighted by atomic mass is 35.5. The minimum Gasteiger partial charge on any atom is -0.448 e. The van der Waals surface area contributed by atoms with Crippen LogP contribution >= 0.6 is 11.6 Å². The van der Waals surface area contributed by atoms with Crippen LogP contribution in [0.15, 0.2) is 24.3 Å². The molecule has 1 aliphatic rings. The van der Waals surface area contributed by atoms with Gasteiger partial charge in [0.1, 0.15) is 0 Å². The lowest BCUT2D eigenvalue weighted by molar-refractivity contribution is -0.131. The largest absolute Gasteiger partial charge is 0.525 e. The lowest BCUT2D eigenvalue weighted by Crippen LogP contribution is -2.34. The summed E-state index contributed by atoms with van der Waals surface area (Å²) in [6, 6.07) is 7.80. The third kappa shape index (κ3) is 3.11. The van der Waals surface area contributed by atoms with Crippen LogP contribution in [0, 0.1) is 0 Å². The smallest absolute Gasteiger partial charge is 0.448 e. The van der Waals surface area contributed by atoms with Crippen molar-refractivity contribution in [2.75, 3.05) is 13.1 Å². The molecule has 0 radical (unpaired) electrons. The van der Waals surface area contributed by atoms with Crippen LogP contribution in [0.1, 0.15) is 24.3 Å². The van der Waals surface area contributed by atoms with E-state index in [2.05, 4.69) is 4.84 Å². The van der Waals surface area contributed by atoms with Gasteiger partial charge in [-0.3, -0.25) is 0 Å². The van der Waals surface area contributed by atoms with Crippen LogP contribution in [0.25, 0.3) is 0 Å². The molecule has 1 heterocycles. The average molecular weight is 256 g/mol. The molecule has 1 aliphatic heterocycles. The summed E-state index contributed by atoms with van der Waals surface area (Å²) in [5, 5.41) is 10.8. The molecule has 1 saturated heterocycles. The summed E-state index contributed by atoms with van der Waals surface area (Å²) in [5.74, 6) is 0.386. The molecule has 0 atom stereocenters. The van der Waals surface area contributed by atoms with E-state index in [1.165, 1.54) is 5.06 Å². The number of rotatable bonds is 2. The number of benzene rings is 1. The lowest BCUT2D eigenvalue weighted by Gasteiger charge is -2.30. The fourth-order valence-electron chi connectivity index (χ4n) is 2.17. The molecule has 92 valence electrons. The van der Waals surface area contributed by atoms with Crippen molar-refractivity contribution in [1.29, 1.82) is 0 Å². The first kappa shape index (κ1) is 12.2. The minimum atomic E-state index is -1.25. The molecular weight excluding hydrogens is 242 g/mol. The van der Waals surface area contributed by atoms with Gasteiger partial charge in [0.25, 0.3) is 0 Å². The summed E-state index contributed by atoms with van der Waals surface area (Å²) < 4.78 is 0. The molecule has 0 amide bonds. The van der Waals surface area contributed by atoms with Gasteiger partial charge < -0.3 is 9.94 Å². The molecule has 1 N–H and O–H groups in total. The van der Waals surface area contributed by atoms with Gasteiger partial charge in [-0.25, -0.2) is 4.79 Å². The molecule has 0 bridgehead atoms. The Labute approximate surface area is 105 Å². The number of carbonyl (C=O) groups is 1. The van der Waals surface area contributed by atoms with Crippen molar-refractivity contribution in [1.82, 2.24) is 5.06 Å². The SMILES string of the molecule is O=C(O)ON1CCC(c2ccccc2Cl)CC1. The van der Waals surface area contributed by atoms with Crippen molar-refractivity contribution in [2.24, 2.45) is 0 Å². The van der Waals surface area contributed by atoms with E-state index >= 15 is 0 Å². The van der Waals surface area contributed by atoms with Crippen molar-refractivity contribution < 1.29 is 14.7 Å². The zero-order valence-corrected chi connectivity index (χ0v) is 10.1. The van der Waals surface area contributed by atoms with Crippen LogP contribution in [0.4, 0.5) is 4.79 Å². The Morgan fingerprint density at radius 2 is 2.00 bits per heavy atom. The van der Waals surface area contributed by atoms with Gasteiger partial charge in [0.05, 0.1) is 0 Å². The van der Waals surface area contributed by atoms with Gasteiger partial charge in [-0.1, -0.05) is 29.8 Å². The molecular formula is C12H14ClNO3. The highest BCUT2D eigenvalue weighted by molar-refractivity contribution is 6.31. The third-order valence-corrected chi connectivity index (χ3v) is 3.35. The molecule has 4 nitrogen and oxygen atoms in total. The van der Waals surface area contributed by atoms with Crippen molar-refractivity contribution in [3.05, 3.63) is 34.9 Å². The Balaban J connectivity index is 1.95. The maximum Gasteiger partial charge on any atom is 0.525 e. The number of hydrogen-bond donors (Lipinski definition) is 1. The molecule has 0 saturated carbocycles. The van der Waals surface area contributed by atoms with Gasteiger partial charge in [-0.05, 0) is 30.4 Å². The summed E-state index contributed by atoms with van der Waals surface area (Å²) in [7, 11) is 0. The lowest BCUT2D eigenvalue weighted by atomic mass is 9.90. The number of piperidine rings is 1. The molecule has 0 aliphatic carbocycles. The van der Waals surface area contributed by atoms with Crippen LogP contribution < -0.4 is 0 Å². The fraction of sp³-hybridized carbons (Fsp3) is 0.417. The second-order valence-electron chi connectivity index (χ2n) is 4.08. The maximum absolute atomic E-state index is 10.4. The predicted octanol–water partition coefficient (Wildman–Crippen LogP) is 3.13. The number of hydroxylamine groups is 2. The van der Waals surface area contributed by atoms with Crippen LogP contribution in [0.5, 0.6) is 0 Å². The van der Waals surface area contributed by atoms with Crippen molar-refractivity contribution in [3.63, 3.8) is 0 Å². The summed E-state index contributed by atoms with van der Waals surface area (Å²) in [6.07, 6.45) is 0.467. The minimum absolute atomic E-state index is 0.386. The first-order valence-corrected chi connectivity index (χ1v) is 5.95. The van der Waals surface area contributed by atoms with E-state index in [9.17, 15) is 4.79 Å². The maximum atomic E-state index is 10.4. The van der Waals surface area contributed by atoms with Crippen LogP contribution in [-0.2, 0) is 4.84 Å². The zero-order chi connectivity index (χ0) is 12.3. The van der Waals surface area contributed by atoms with Gasteiger partial charge in [0.15, 0.2) is 0 Å². The van der Waals surface area contributed by atoms with E-state index in [0.29, 0.717) is 19.0 Å². The molecule has 17 heavy (non-hydrogen) atoms. The Morgan fingerprint density at radius 1 is 1.35 bits per heavy atom. The van der Waals surface area contributed by atoms with E-state index in [-0.39, 0.29) is 0 Å². The molecule has 1 aromatic carbocycles. The van der Waals surface area contributed by atoms with Crippen molar-refractivity contribution in [2.45, 2.75) is 18.8 Å². The molecule has 1 aromatic rings. The summed E-state index contributed by atoms with van der Waals surface area (Å²) >= 11 is 6.14. The second-order valence-corrected chi connectivity index (χ2v) is 4.49. The topological polar surface area (TPSA) is 49.8 Å².